The summed E-state index contributed by atoms with van der Waals surface area (Å²) < 4.78 is 10.9. The third kappa shape index (κ3) is 6.01. The van der Waals surface area contributed by atoms with Gasteiger partial charge in [0.25, 0.3) is 0 Å². The first kappa shape index (κ1) is 31.4. The monoisotopic (exact) mass is 632 g/mol. The minimum atomic E-state index is 0.494. The molecule has 48 heavy (non-hydrogen) atoms. The summed E-state index contributed by atoms with van der Waals surface area (Å²) in [6.45, 7) is 11.0. The highest BCUT2D eigenvalue weighted by atomic mass is 16.5. The zero-order valence-corrected chi connectivity index (χ0v) is 28.7. The van der Waals surface area contributed by atoms with Crippen LogP contribution in [0.3, 0.4) is 0 Å². The molecular weight excluding hydrogens is 589 g/mol. The van der Waals surface area contributed by atoms with Gasteiger partial charge in [-0.2, -0.15) is 5.10 Å². The van der Waals surface area contributed by atoms with Crippen LogP contribution in [0.1, 0.15) is 74.9 Å². The first-order valence-electron chi connectivity index (χ1n) is 17.4. The van der Waals surface area contributed by atoms with E-state index in [1.165, 1.54) is 52.3 Å². The molecule has 0 N–H and O–H groups in total. The van der Waals surface area contributed by atoms with Gasteiger partial charge in [-0.05, 0) is 104 Å². The molecule has 0 fully saturated rings. The smallest absolute Gasteiger partial charge is 0.137 e. The van der Waals surface area contributed by atoms with Gasteiger partial charge in [0.05, 0.1) is 22.4 Å². The molecule has 0 bridgehead atoms. The number of rotatable bonds is 11. The van der Waals surface area contributed by atoms with E-state index in [-0.39, 0.29) is 0 Å². The summed E-state index contributed by atoms with van der Waals surface area (Å²) in [6, 6.07) is 36.4. The molecule has 5 heteroatoms. The molecule has 3 aromatic heterocycles. The molecule has 7 rings (SSSR count). The van der Waals surface area contributed by atoms with E-state index in [1.54, 1.807) is 0 Å². The average molecular weight is 633 g/mol. The first-order valence-corrected chi connectivity index (χ1v) is 17.4. The van der Waals surface area contributed by atoms with E-state index in [9.17, 15) is 0 Å². The lowest BCUT2D eigenvalue weighted by molar-refractivity contribution is 0.482. The number of ether oxygens (including phenoxy) is 1. The number of aryl methyl sites for hydroxylation is 2. The highest BCUT2D eigenvalue weighted by molar-refractivity contribution is 6.09. The van der Waals surface area contributed by atoms with Crippen LogP contribution in [-0.4, -0.2) is 19.3 Å². The van der Waals surface area contributed by atoms with Gasteiger partial charge in [-0.15, -0.1) is 0 Å². The number of hydrogen-bond donors (Lipinski definition) is 0. The van der Waals surface area contributed by atoms with Crippen molar-refractivity contribution in [3.8, 4) is 34.1 Å². The highest BCUT2D eigenvalue weighted by Gasteiger charge is 2.18. The fourth-order valence-corrected chi connectivity index (χ4v) is 6.92. The molecular formula is C43H44N4O. The van der Waals surface area contributed by atoms with Crippen molar-refractivity contribution >= 4 is 21.8 Å². The van der Waals surface area contributed by atoms with Gasteiger partial charge >= 0.3 is 0 Å². The number of aromatic nitrogens is 4. The van der Waals surface area contributed by atoms with Crippen molar-refractivity contribution in [2.75, 3.05) is 0 Å². The molecule has 3 heterocycles. The Balaban J connectivity index is 1.29. The Hall–Kier alpha value is -5.16. The van der Waals surface area contributed by atoms with E-state index in [0.717, 1.165) is 58.3 Å². The Morgan fingerprint density at radius 3 is 2.40 bits per heavy atom. The number of unbranched alkanes of at least 4 members (excludes halogenated alkanes) is 2. The standard InChI is InChI=1S/C43H44N4O/c1-6-8-10-14-32-23-24-44-42(25-32)46-40-22-19-34(29(3)7-2)26-39(40)38-21-20-37(28-41(38)46)48-36-18-13-17-35(27-36)47-31(5)43(30(4)45-47)33-15-11-9-12-16-33/h9,11-13,15-29H,6-8,10,14H2,1-5H3. The summed E-state index contributed by atoms with van der Waals surface area (Å²) in [4.78, 5) is 4.89. The van der Waals surface area contributed by atoms with Crippen LogP contribution in [0, 0.1) is 13.8 Å². The van der Waals surface area contributed by atoms with E-state index in [1.807, 2.05) is 29.1 Å². The van der Waals surface area contributed by atoms with Crippen LogP contribution in [0.25, 0.3) is 44.4 Å². The first-order chi connectivity index (χ1) is 23.4. The molecule has 0 radical (unpaired) electrons. The predicted octanol–water partition coefficient (Wildman–Crippen LogP) is 11.7. The zero-order chi connectivity index (χ0) is 33.2. The zero-order valence-electron chi connectivity index (χ0n) is 28.7. The molecule has 0 spiro atoms. The van der Waals surface area contributed by atoms with E-state index in [2.05, 4.69) is 124 Å². The fraction of sp³-hybridized carbons (Fsp3) is 0.256. The van der Waals surface area contributed by atoms with E-state index < -0.39 is 0 Å². The number of benzene rings is 4. The van der Waals surface area contributed by atoms with Crippen LogP contribution in [0.4, 0.5) is 0 Å². The third-order valence-electron chi connectivity index (χ3n) is 9.70. The van der Waals surface area contributed by atoms with Gasteiger partial charge in [0, 0.05) is 40.4 Å². The van der Waals surface area contributed by atoms with Crippen molar-refractivity contribution in [3.05, 3.63) is 132 Å². The molecule has 5 nitrogen and oxygen atoms in total. The van der Waals surface area contributed by atoms with E-state index in [4.69, 9.17) is 14.8 Å². The second-order valence-electron chi connectivity index (χ2n) is 13.0. The predicted molar refractivity (Wildman–Crippen MR) is 199 cm³/mol. The van der Waals surface area contributed by atoms with Gasteiger partial charge in [0.2, 0.25) is 0 Å². The Bertz CT molecular complexity index is 2210. The Morgan fingerprint density at radius 1 is 0.750 bits per heavy atom. The summed E-state index contributed by atoms with van der Waals surface area (Å²) in [5.41, 5.74) is 10.3. The number of hydrogen-bond acceptors (Lipinski definition) is 3. The van der Waals surface area contributed by atoms with Crippen LogP contribution >= 0.6 is 0 Å². The minimum absolute atomic E-state index is 0.494. The molecule has 0 aliphatic rings. The summed E-state index contributed by atoms with van der Waals surface area (Å²) in [6.07, 6.45) is 7.76. The minimum Gasteiger partial charge on any atom is -0.457 e. The Labute approximate surface area is 283 Å². The van der Waals surface area contributed by atoms with Crippen molar-refractivity contribution < 1.29 is 4.74 Å². The second kappa shape index (κ2) is 13.5. The third-order valence-corrected chi connectivity index (χ3v) is 9.70. The van der Waals surface area contributed by atoms with E-state index >= 15 is 0 Å². The van der Waals surface area contributed by atoms with Gasteiger partial charge < -0.3 is 4.74 Å². The van der Waals surface area contributed by atoms with Crippen LogP contribution in [-0.2, 0) is 6.42 Å². The molecule has 0 saturated heterocycles. The molecule has 242 valence electrons. The molecule has 4 aromatic carbocycles. The van der Waals surface area contributed by atoms with Crippen LogP contribution in [0.2, 0.25) is 0 Å². The fourth-order valence-electron chi connectivity index (χ4n) is 6.92. The average Bonchev–Trinajstić information content (AvgIpc) is 3.60. The molecule has 7 aromatic rings. The molecule has 0 aliphatic heterocycles. The van der Waals surface area contributed by atoms with Crippen molar-refractivity contribution in [2.45, 2.75) is 72.6 Å². The Kier molecular flexibility index (Phi) is 8.86. The summed E-state index contributed by atoms with van der Waals surface area (Å²) in [7, 11) is 0. The maximum Gasteiger partial charge on any atom is 0.137 e. The van der Waals surface area contributed by atoms with Crippen LogP contribution in [0.15, 0.2) is 109 Å². The molecule has 1 atom stereocenters. The molecule has 0 saturated carbocycles. The highest BCUT2D eigenvalue weighted by Crippen LogP contribution is 2.37. The largest absolute Gasteiger partial charge is 0.457 e. The van der Waals surface area contributed by atoms with Crippen LogP contribution in [0.5, 0.6) is 11.5 Å². The lowest BCUT2D eigenvalue weighted by Crippen LogP contribution is -2.00. The lowest BCUT2D eigenvalue weighted by atomic mass is 9.97. The van der Waals surface area contributed by atoms with Gasteiger partial charge in [-0.1, -0.05) is 76.1 Å². The van der Waals surface area contributed by atoms with Gasteiger partial charge in [-0.25, -0.2) is 9.67 Å². The van der Waals surface area contributed by atoms with Crippen molar-refractivity contribution in [2.24, 2.45) is 0 Å². The molecule has 1 unspecified atom stereocenters. The van der Waals surface area contributed by atoms with Gasteiger partial charge in [0.15, 0.2) is 0 Å². The number of nitrogens with zero attached hydrogens (tertiary/aromatic N) is 4. The van der Waals surface area contributed by atoms with Crippen molar-refractivity contribution in [3.63, 3.8) is 0 Å². The van der Waals surface area contributed by atoms with Crippen LogP contribution < -0.4 is 4.74 Å². The van der Waals surface area contributed by atoms with Gasteiger partial charge in [0.1, 0.15) is 17.3 Å². The summed E-state index contributed by atoms with van der Waals surface area (Å²) in [5, 5.41) is 7.37. The SMILES string of the molecule is CCCCCc1ccnc(-n2c3ccc(C(C)CC)cc3c3ccc(Oc4cccc(-n5nc(C)c(-c6ccccc6)c5C)c4)cc32)c1. The quantitative estimate of drug-likeness (QED) is 0.133. The second-order valence-corrected chi connectivity index (χ2v) is 13.0. The lowest BCUT2D eigenvalue weighted by Gasteiger charge is -2.12. The summed E-state index contributed by atoms with van der Waals surface area (Å²) in [5.74, 6) is 2.98. The topological polar surface area (TPSA) is 44.9 Å². The number of fused-ring (bicyclic) bond motifs is 3. The summed E-state index contributed by atoms with van der Waals surface area (Å²) >= 11 is 0. The molecule has 0 aliphatic carbocycles. The molecule has 0 amide bonds. The van der Waals surface area contributed by atoms with Gasteiger partial charge in [-0.3, -0.25) is 4.57 Å². The van der Waals surface area contributed by atoms with E-state index in [0.29, 0.717) is 5.92 Å². The Morgan fingerprint density at radius 2 is 1.58 bits per heavy atom. The maximum atomic E-state index is 6.59. The number of pyridine rings is 1. The van der Waals surface area contributed by atoms with Crippen molar-refractivity contribution in [1.82, 2.24) is 19.3 Å². The maximum absolute atomic E-state index is 6.59. The normalized spacial score (nSPS) is 12.2. The van der Waals surface area contributed by atoms with Crippen molar-refractivity contribution in [1.29, 1.82) is 0 Å².